The molecule has 0 unspecified atom stereocenters. The van der Waals surface area contributed by atoms with E-state index in [-0.39, 0.29) is 29.3 Å². The van der Waals surface area contributed by atoms with Gasteiger partial charge in [0.25, 0.3) is 11.5 Å². The molecule has 0 radical (unpaired) electrons. The monoisotopic (exact) mass is 505 g/mol. The summed E-state index contributed by atoms with van der Waals surface area (Å²) in [6, 6.07) is 16.2. The molecule has 1 aliphatic rings. The van der Waals surface area contributed by atoms with Crippen LogP contribution in [0.3, 0.4) is 0 Å². The highest BCUT2D eigenvalue weighted by molar-refractivity contribution is 6.30. The van der Waals surface area contributed by atoms with Crippen molar-refractivity contribution in [3.8, 4) is 17.3 Å². The number of nitrogens with one attached hydrogen (secondary N) is 1. The Hall–Kier alpha value is -4.00. The number of nitrogens with zero attached hydrogens (tertiary/aromatic N) is 4. The third-order valence-corrected chi connectivity index (χ3v) is 6.27. The summed E-state index contributed by atoms with van der Waals surface area (Å²) in [6.45, 7) is 2.16. The third kappa shape index (κ3) is 5.97. The van der Waals surface area contributed by atoms with Crippen LogP contribution in [0.5, 0.6) is 0 Å². The fourth-order valence-electron chi connectivity index (χ4n) is 3.94. The molecule has 2 heterocycles. The van der Waals surface area contributed by atoms with Crippen molar-refractivity contribution in [2.45, 2.75) is 31.9 Å². The molecule has 10 heteroatoms. The second-order valence-corrected chi connectivity index (χ2v) is 9.41. The topological polar surface area (TPSA) is 128 Å². The Morgan fingerprint density at radius 1 is 1.14 bits per heavy atom. The predicted octanol–water partition coefficient (Wildman–Crippen LogP) is 3.06. The Balaban J connectivity index is 1.50. The van der Waals surface area contributed by atoms with Crippen LogP contribution in [0.4, 0.5) is 5.69 Å². The number of anilines is 1. The van der Waals surface area contributed by atoms with Crippen LogP contribution in [0.25, 0.3) is 11.3 Å². The number of likely N-dealkylation sites (tertiary alicyclic amines) is 1. The minimum Gasteiger partial charge on any atom is -0.390 e. The lowest BCUT2D eigenvalue weighted by Gasteiger charge is -2.35. The van der Waals surface area contributed by atoms with E-state index in [1.54, 1.807) is 42.2 Å². The smallest absolute Gasteiger partial charge is 0.267 e. The second-order valence-electron chi connectivity index (χ2n) is 8.97. The summed E-state index contributed by atoms with van der Waals surface area (Å²) in [5.74, 6) is -0.827. The number of hydrogen-bond acceptors (Lipinski definition) is 6. The third-order valence-electron chi connectivity index (χ3n) is 6.02. The SMILES string of the molecule is CC1(O)CCN(C(=O)c2cc(C#N)cc(NC(=O)Cn3nc(-c4ccc(Cl)cc4)ccc3=O)c2)CC1. The average Bonchev–Trinajstić information content (AvgIpc) is 2.85. The van der Waals surface area contributed by atoms with E-state index in [0.717, 1.165) is 10.2 Å². The van der Waals surface area contributed by atoms with E-state index in [2.05, 4.69) is 10.4 Å². The van der Waals surface area contributed by atoms with Gasteiger partial charge in [-0.05, 0) is 56.2 Å². The minimum absolute atomic E-state index is 0.209. The number of aliphatic hydroxyl groups is 1. The molecule has 4 rings (SSSR count). The first kappa shape index (κ1) is 25.1. The number of benzene rings is 2. The van der Waals surface area contributed by atoms with E-state index in [1.165, 1.54) is 24.3 Å². The first-order valence-corrected chi connectivity index (χ1v) is 11.7. The van der Waals surface area contributed by atoms with Crippen molar-refractivity contribution >= 4 is 29.1 Å². The largest absolute Gasteiger partial charge is 0.390 e. The summed E-state index contributed by atoms with van der Waals surface area (Å²) in [5.41, 5.74) is 0.697. The summed E-state index contributed by atoms with van der Waals surface area (Å²) < 4.78 is 1.04. The maximum atomic E-state index is 13.0. The number of piperidine rings is 1. The number of carbonyl (C=O) groups is 2. The van der Waals surface area contributed by atoms with Crippen molar-refractivity contribution in [2.24, 2.45) is 0 Å². The molecule has 1 aliphatic heterocycles. The van der Waals surface area contributed by atoms with Crippen LogP contribution in [0.2, 0.25) is 5.02 Å². The molecule has 0 atom stereocenters. The van der Waals surface area contributed by atoms with Crippen LogP contribution in [-0.4, -0.2) is 50.3 Å². The van der Waals surface area contributed by atoms with Crippen LogP contribution >= 0.6 is 11.6 Å². The van der Waals surface area contributed by atoms with Crippen LogP contribution in [0.1, 0.15) is 35.7 Å². The molecule has 36 heavy (non-hydrogen) atoms. The van der Waals surface area contributed by atoms with Gasteiger partial charge in [-0.2, -0.15) is 10.4 Å². The molecule has 9 nitrogen and oxygen atoms in total. The zero-order valence-electron chi connectivity index (χ0n) is 19.6. The highest BCUT2D eigenvalue weighted by Crippen LogP contribution is 2.24. The lowest BCUT2D eigenvalue weighted by molar-refractivity contribution is -0.117. The normalized spacial score (nSPS) is 14.7. The summed E-state index contributed by atoms with van der Waals surface area (Å²) in [7, 11) is 0. The lowest BCUT2D eigenvalue weighted by Crippen LogP contribution is -2.45. The second kappa shape index (κ2) is 10.3. The van der Waals surface area contributed by atoms with Gasteiger partial charge in [-0.3, -0.25) is 14.4 Å². The predicted molar refractivity (Wildman–Crippen MR) is 134 cm³/mol. The van der Waals surface area contributed by atoms with E-state index in [1.807, 2.05) is 6.07 Å². The van der Waals surface area contributed by atoms with E-state index in [0.29, 0.717) is 36.6 Å². The zero-order chi connectivity index (χ0) is 25.9. The molecular weight excluding hydrogens is 482 g/mol. The number of hydrogen-bond donors (Lipinski definition) is 2. The minimum atomic E-state index is -0.804. The summed E-state index contributed by atoms with van der Waals surface area (Å²) in [6.07, 6.45) is 0.911. The fourth-order valence-corrected chi connectivity index (χ4v) is 4.06. The van der Waals surface area contributed by atoms with Gasteiger partial charge >= 0.3 is 0 Å². The van der Waals surface area contributed by atoms with Crippen molar-refractivity contribution in [1.82, 2.24) is 14.7 Å². The van der Waals surface area contributed by atoms with Gasteiger partial charge in [-0.15, -0.1) is 0 Å². The average molecular weight is 506 g/mol. The van der Waals surface area contributed by atoms with E-state index in [9.17, 15) is 24.8 Å². The van der Waals surface area contributed by atoms with Crippen molar-refractivity contribution in [2.75, 3.05) is 18.4 Å². The first-order chi connectivity index (χ1) is 17.1. The molecule has 0 spiro atoms. The van der Waals surface area contributed by atoms with Gasteiger partial charge in [0, 0.05) is 41.0 Å². The number of carbonyl (C=O) groups excluding carboxylic acids is 2. The van der Waals surface area contributed by atoms with E-state index >= 15 is 0 Å². The molecule has 2 amide bonds. The van der Waals surface area contributed by atoms with Crippen molar-refractivity contribution in [3.63, 3.8) is 0 Å². The van der Waals surface area contributed by atoms with Gasteiger partial charge in [0.15, 0.2) is 0 Å². The van der Waals surface area contributed by atoms with Crippen LogP contribution in [-0.2, 0) is 11.3 Å². The number of aromatic nitrogens is 2. The van der Waals surface area contributed by atoms with Crippen molar-refractivity contribution in [1.29, 1.82) is 5.26 Å². The number of rotatable bonds is 5. The van der Waals surface area contributed by atoms with Gasteiger partial charge in [0.1, 0.15) is 6.54 Å². The summed E-state index contributed by atoms with van der Waals surface area (Å²) >= 11 is 5.93. The van der Waals surface area contributed by atoms with Crippen LogP contribution in [0.15, 0.2) is 59.4 Å². The van der Waals surface area contributed by atoms with Crippen molar-refractivity contribution < 1.29 is 14.7 Å². The number of nitriles is 1. The van der Waals surface area contributed by atoms with Crippen molar-refractivity contribution in [3.05, 3.63) is 81.1 Å². The molecule has 0 bridgehead atoms. The Bertz CT molecular complexity index is 1400. The molecule has 0 aliphatic carbocycles. The van der Waals surface area contributed by atoms with Gasteiger partial charge in [0.05, 0.1) is 22.9 Å². The quantitative estimate of drug-likeness (QED) is 0.548. The van der Waals surface area contributed by atoms with Gasteiger partial charge in [-0.1, -0.05) is 23.7 Å². The first-order valence-electron chi connectivity index (χ1n) is 11.3. The summed E-state index contributed by atoms with van der Waals surface area (Å²) in [4.78, 5) is 39.7. The van der Waals surface area contributed by atoms with Crippen LogP contribution in [0, 0.1) is 11.3 Å². The molecule has 2 N–H and O–H groups in total. The van der Waals surface area contributed by atoms with Gasteiger partial charge in [0.2, 0.25) is 5.91 Å². The van der Waals surface area contributed by atoms with Gasteiger partial charge < -0.3 is 15.3 Å². The molecule has 0 saturated carbocycles. The maximum absolute atomic E-state index is 13.0. The molecule has 3 aromatic rings. The molecule has 1 saturated heterocycles. The Kier molecular flexibility index (Phi) is 7.20. The molecule has 2 aromatic carbocycles. The Morgan fingerprint density at radius 3 is 2.50 bits per heavy atom. The molecule has 184 valence electrons. The standard InChI is InChI=1S/C26H24ClN5O4/c1-26(36)8-10-31(11-9-26)25(35)19-12-17(15-28)13-21(14-19)29-23(33)16-32-24(34)7-6-22(30-32)18-2-4-20(27)5-3-18/h2-7,12-14,36H,8-11,16H2,1H3,(H,29,33). The maximum Gasteiger partial charge on any atom is 0.267 e. The lowest BCUT2D eigenvalue weighted by atomic mass is 9.93. The zero-order valence-corrected chi connectivity index (χ0v) is 20.3. The number of amides is 2. The molecular formula is C26H24ClN5O4. The van der Waals surface area contributed by atoms with Gasteiger partial charge in [-0.25, -0.2) is 4.68 Å². The highest BCUT2D eigenvalue weighted by Gasteiger charge is 2.30. The van der Waals surface area contributed by atoms with E-state index < -0.39 is 17.1 Å². The van der Waals surface area contributed by atoms with E-state index in [4.69, 9.17) is 11.6 Å². The number of halogens is 1. The Morgan fingerprint density at radius 2 is 1.83 bits per heavy atom. The summed E-state index contributed by atoms with van der Waals surface area (Å²) in [5, 5.41) is 27.1. The molecule has 1 fully saturated rings. The fraction of sp³-hybridized carbons (Fsp3) is 0.269. The highest BCUT2D eigenvalue weighted by atomic mass is 35.5. The Labute approximate surface area is 212 Å². The van der Waals surface area contributed by atoms with Crippen LogP contribution < -0.4 is 10.9 Å². The molecule has 1 aromatic heterocycles.